The van der Waals surface area contributed by atoms with Gasteiger partial charge < -0.3 is 16.4 Å². The molecule has 0 bridgehead atoms. The van der Waals surface area contributed by atoms with Crippen LogP contribution in [-0.2, 0) is 4.79 Å². The molecule has 0 rings (SSSR count). The van der Waals surface area contributed by atoms with Crippen LogP contribution in [0.4, 0.5) is 0 Å². The minimum atomic E-state index is -0.239. The van der Waals surface area contributed by atoms with Crippen molar-refractivity contribution >= 4 is 5.91 Å². The molecule has 0 spiro atoms. The van der Waals surface area contributed by atoms with Gasteiger partial charge in [-0.2, -0.15) is 0 Å². The highest BCUT2D eigenvalue weighted by Crippen LogP contribution is 1.77. The summed E-state index contributed by atoms with van der Waals surface area (Å²) in [6, 6.07) is 0. The maximum atomic E-state index is 10.3. The third kappa shape index (κ3) is 11.4. The van der Waals surface area contributed by atoms with Gasteiger partial charge in [0.25, 0.3) is 0 Å². The second-order valence-electron chi connectivity index (χ2n) is 3.07. The largest absolute Gasteiger partial charge is 0.370 e. The second kappa shape index (κ2) is 9.48. The molecule has 13 heavy (non-hydrogen) atoms. The van der Waals surface area contributed by atoms with E-state index in [0.717, 1.165) is 26.1 Å². The lowest BCUT2D eigenvalue weighted by molar-refractivity contribution is -0.117. The Balaban J connectivity index is 2.87. The van der Waals surface area contributed by atoms with Gasteiger partial charge in [0.15, 0.2) is 0 Å². The Morgan fingerprint density at radius 2 is 1.77 bits per heavy atom. The van der Waals surface area contributed by atoms with Crippen LogP contribution in [0.1, 0.15) is 26.2 Å². The molecule has 0 aromatic carbocycles. The van der Waals surface area contributed by atoms with Gasteiger partial charge in [0, 0.05) is 13.0 Å². The minimum Gasteiger partial charge on any atom is -0.370 e. The fourth-order valence-electron chi connectivity index (χ4n) is 0.977. The highest BCUT2D eigenvalue weighted by Gasteiger charge is 1.92. The molecule has 4 heteroatoms. The predicted molar refractivity (Wildman–Crippen MR) is 54.5 cm³/mol. The smallest absolute Gasteiger partial charge is 0.218 e. The maximum absolute atomic E-state index is 10.3. The number of nitrogens with one attached hydrogen (secondary N) is 2. The highest BCUT2D eigenvalue weighted by molar-refractivity contribution is 5.73. The molecule has 4 nitrogen and oxygen atoms in total. The van der Waals surface area contributed by atoms with Crippen molar-refractivity contribution in [3.8, 4) is 0 Å². The Labute approximate surface area is 80.3 Å². The van der Waals surface area contributed by atoms with Crippen molar-refractivity contribution in [2.45, 2.75) is 26.2 Å². The Bertz CT molecular complexity index is 128. The zero-order chi connectivity index (χ0) is 9.94. The van der Waals surface area contributed by atoms with Crippen molar-refractivity contribution in [2.75, 3.05) is 26.2 Å². The summed E-state index contributed by atoms with van der Waals surface area (Å²) < 4.78 is 0. The summed E-state index contributed by atoms with van der Waals surface area (Å²) in [5.41, 5.74) is 4.98. The van der Waals surface area contributed by atoms with Crippen molar-refractivity contribution in [1.82, 2.24) is 10.6 Å². The lowest BCUT2D eigenvalue weighted by Crippen LogP contribution is -2.25. The third-order valence-electron chi connectivity index (χ3n) is 1.68. The summed E-state index contributed by atoms with van der Waals surface area (Å²) in [7, 11) is 0. The summed E-state index contributed by atoms with van der Waals surface area (Å²) in [6.45, 7) is 5.92. The van der Waals surface area contributed by atoms with E-state index >= 15 is 0 Å². The van der Waals surface area contributed by atoms with Crippen molar-refractivity contribution in [3.05, 3.63) is 0 Å². The number of hydrogen-bond donors (Lipinski definition) is 3. The van der Waals surface area contributed by atoms with Gasteiger partial charge in [0.1, 0.15) is 0 Å². The quantitative estimate of drug-likeness (QED) is 0.439. The van der Waals surface area contributed by atoms with Crippen LogP contribution in [0.2, 0.25) is 0 Å². The first-order valence-electron chi connectivity index (χ1n) is 4.97. The average molecular weight is 187 g/mol. The molecule has 78 valence electrons. The first-order chi connectivity index (χ1) is 6.27. The molecule has 0 unspecified atom stereocenters. The molecule has 4 N–H and O–H groups in total. The van der Waals surface area contributed by atoms with Crippen molar-refractivity contribution in [3.63, 3.8) is 0 Å². The zero-order valence-electron chi connectivity index (χ0n) is 8.44. The lowest BCUT2D eigenvalue weighted by atomic mass is 10.3. The Hall–Kier alpha value is -0.610. The normalized spacial score (nSPS) is 10.2. The van der Waals surface area contributed by atoms with Gasteiger partial charge in [0.2, 0.25) is 5.91 Å². The van der Waals surface area contributed by atoms with Crippen LogP contribution < -0.4 is 16.4 Å². The maximum Gasteiger partial charge on any atom is 0.218 e. The molecule has 0 fully saturated rings. The Morgan fingerprint density at radius 1 is 1.15 bits per heavy atom. The number of nitrogens with two attached hydrogens (primary N) is 1. The second-order valence-corrected chi connectivity index (χ2v) is 3.07. The van der Waals surface area contributed by atoms with Crippen molar-refractivity contribution in [2.24, 2.45) is 5.73 Å². The Morgan fingerprint density at radius 3 is 2.31 bits per heavy atom. The van der Waals surface area contributed by atoms with Crippen LogP contribution in [0.5, 0.6) is 0 Å². The van der Waals surface area contributed by atoms with Gasteiger partial charge in [0.05, 0.1) is 0 Å². The summed E-state index contributed by atoms with van der Waals surface area (Å²) >= 11 is 0. The molecule has 0 aliphatic heterocycles. The van der Waals surface area contributed by atoms with E-state index in [-0.39, 0.29) is 5.91 Å². The van der Waals surface area contributed by atoms with Gasteiger partial charge in [-0.05, 0) is 32.5 Å². The summed E-state index contributed by atoms with van der Waals surface area (Å²) in [4.78, 5) is 10.3. The van der Waals surface area contributed by atoms with Crippen LogP contribution in [0, 0.1) is 0 Å². The SMILES string of the molecule is CCCNCCCNCCC(N)=O. The summed E-state index contributed by atoms with van der Waals surface area (Å²) in [5, 5.41) is 6.46. The van der Waals surface area contributed by atoms with E-state index in [0.29, 0.717) is 13.0 Å². The lowest BCUT2D eigenvalue weighted by Gasteiger charge is -2.04. The van der Waals surface area contributed by atoms with Crippen LogP contribution in [0.25, 0.3) is 0 Å². The topological polar surface area (TPSA) is 67.2 Å². The Kier molecular flexibility index (Phi) is 9.03. The van der Waals surface area contributed by atoms with Crippen LogP contribution in [-0.4, -0.2) is 32.1 Å². The standard InChI is InChI=1S/C9H21N3O/c1-2-5-11-6-3-7-12-8-4-9(10)13/h11-12H,2-8H2,1H3,(H2,10,13). The molecule has 0 aromatic heterocycles. The van der Waals surface area contributed by atoms with E-state index in [4.69, 9.17) is 5.73 Å². The van der Waals surface area contributed by atoms with E-state index in [2.05, 4.69) is 17.6 Å². The number of carbonyl (C=O) groups excluding carboxylic acids is 1. The summed E-state index contributed by atoms with van der Waals surface area (Å²) in [5.74, 6) is -0.239. The monoisotopic (exact) mass is 187 g/mol. The number of carbonyl (C=O) groups is 1. The van der Waals surface area contributed by atoms with Gasteiger partial charge in [-0.3, -0.25) is 4.79 Å². The molecular weight excluding hydrogens is 166 g/mol. The van der Waals surface area contributed by atoms with Gasteiger partial charge in [-0.15, -0.1) is 0 Å². The fraction of sp³-hybridized carbons (Fsp3) is 0.889. The van der Waals surface area contributed by atoms with E-state index in [1.165, 1.54) is 6.42 Å². The van der Waals surface area contributed by atoms with Crippen molar-refractivity contribution < 1.29 is 4.79 Å². The molecule has 0 aliphatic rings. The molecule has 0 saturated carbocycles. The molecule has 0 heterocycles. The fourth-order valence-corrected chi connectivity index (χ4v) is 0.977. The number of hydrogen-bond acceptors (Lipinski definition) is 3. The van der Waals surface area contributed by atoms with E-state index in [1.54, 1.807) is 0 Å². The van der Waals surface area contributed by atoms with Crippen LogP contribution in [0.15, 0.2) is 0 Å². The molecule has 0 aromatic rings. The zero-order valence-corrected chi connectivity index (χ0v) is 8.44. The van der Waals surface area contributed by atoms with Gasteiger partial charge in [-0.25, -0.2) is 0 Å². The molecule has 0 radical (unpaired) electrons. The van der Waals surface area contributed by atoms with Crippen LogP contribution in [0.3, 0.4) is 0 Å². The van der Waals surface area contributed by atoms with Gasteiger partial charge in [-0.1, -0.05) is 6.92 Å². The number of rotatable bonds is 9. The minimum absolute atomic E-state index is 0.239. The number of amides is 1. The first kappa shape index (κ1) is 12.4. The van der Waals surface area contributed by atoms with Crippen molar-refractivity contribution in [1.29, 1.82) is 0 Å². The molecular formula is C9H21N3O. The third-order valence-corrected chi connectivity index (χ3v) is 1.68. The molecule has 0 atom stereocenters. The van der Waals surface area contributed by atoms with Gasteiger partial charge >= 0.3 is 0 Å². The first-order valence-corrected chi connectivity index (χ1v) is 4.97. The van der Waals surface area contributed by atoms with E-state index < -0.39 is 0 Å². The molecule has 1 amide bonds. The van der Waals surface area contributed by atoms with E-state index in [9.17, 15) is 4.79 Å². The number of primary amides is 1. The van der Waals surface area contributed by atoms with E-state index in [1.807, 2.05) is 0 Å². The molecule has 0 aliphatic carbocycles. The summed E-state index contributed by atoms with van der Waals surface area (Å²) in [6.07, 6.45) is 2.70. The highest BCUT2D eigenvalue weighted by atomic mass is 16.1. The predicted octanol–water partition coefficient (Wildman–Crippen LogP) is -0.159. The van der Waals surface area contributed by atoms with Crippen LogP contribution >= 0.6 is 0 Å². The average Bonchev–Trinajstić information content (AvgIpc) is 2.09. The molecule has 0 saturated heterocycles.